The first kappa shape index (κ1) is 12.7. The lowest BCUT2D eigenvalue weighted by atomic mass is 10.1. The number of hydrogen-bond donors (Lipinski definition) is 0. The third-order valence-electron chi connectivity index (χ3n) is 2.73. The molecule has 0 saturated carbocycles. The summed E-state index contributed by atoms with van der Waals surface area (Å²) >= 11 is 0. The Bertz CT molecular complexity index is 365. The standard InChI is InChI=1S/C13H18FNO/c1-4-10(2)9-15(3)13(16)11-7-5-6-8-12(11)14/h5-8,10H,4,9H2,1-3H3. The Morgan fingerprint density at radius 2 is 2.06 bits per heavy atom. The Labute approximate surface area is 96.1 Å². The van der Waals surface area contributed by atoms with Crippen LogP contribution in [0.3, 0.4) is 0 Å². The second kappa shape index (κ2) is 5.64. The lowest BCUT2D eigenvalue weighted by molar-refractivity contribution is 0.0770. The van der Waals surface area contributed by atoms with Crippen molar-refractivity contribution in [3.05, 3.63) is 35.6 Å². The number of carbonyl (C=O) groups is 1. The van der Waals surface area contributed by atoms with Gasteiger partial charge in [0.1, 0.15) is 5.82 Å². The van der Waals surface area contributed by atoms with Gasteiger partial charge in [-0.25, -0.2) is 4.39 Å². The minimum absolute atomic E-state index is 0.147. The molecule has 0 radical (unpaired) electrons. The van der Waals surface area contributed by atoms with Crippen LogP contribution in [0.25, 0.3) is 0 Å². The van der Waals surface area contributed by atoms with Crippen LogP contribution in [0.15, 0.2) is 24.3 Å². The zero-order chi connectivity index (χ0) is 12.1. The minimum atomic E-state index is -0.455. The molecule has 1 unspecified atom stereocenters. The highest BCUT2D eigenvalue weighted by Crippen LogP contribution is 2.11. The van der Waals surface area contributed by atoms with Gasteiger partial charge in [-0.05, 0) is 18.1 Å². The Morgan fingerprint density at radius 3 is 2.62 bits per heavy atom. The molecule has 1 aromatic rings. The van der Waals surface area contributed by atoms with Gasteiger partial charge < -0.3 is 4.90 Å². The van der Waals surface area contributed by atoms with E-state index in [1.165, 1.54) is 12.1 Å². The van der Waals surface area contributed by atoms with Crippen LogP contribution in [-0.4, -0.2) is 24.4 Å². The van der Waals surface area contributed by atoms with Crippen molar-refractivity contribution in [2.75, 3.05) is 13.6 Å². The molecule has 1 amide bonds. The molecule has 2 nitrogen and oxygen atoms in total. The molecule has 0 aliphatic rings. The van der Waals surface area contributed by atoms with Gasteiger partial charge in [-0.2, -0.15) is 0 Å². The molecule has 0 N–H and O–H groups in total. The highest BCUT2D eigenvalue weighted by atomic mass is 19.1. The van der Waals surface area contributed by atoms with Gasteiger partial charge in [-0.1, -0.05) is 32.4 Å². The lowest BCUT2D eigenvalue weighted by Crippen LogP contribution is -2.31. The molecule has 0 aliphatic heterocycles. The summed E-state index contributed by atoms with van der Waals surface area (Å²) in [6.07, 6.45) is 1.01. The highest BCUT2D eigenvalue weighted by molar-refractivity contribution is 5.94. The number of halogens is 1. The third kappa shape index (κ3) is 3.05. The Kier molecular flexibility index (Phi) is 4.47. The molecule has 3 heteroatoms. The van der Waals surface area contributed by atoms with Crippen LogP contribution in [-0.2, 0) is 0 Å². The fraction of sp³-hybridized carbons (Fsp3) is 0.462. The van der Waals surface area contributed by atoms with Crippen LogP contribution in [0.2, 0.25) is 0 Å². The van der Waals surface area contributed by atoms with Crippen LogP contribution in [0, 0.1) is 11.7 Å². The summed E-state index contributed by atoms with van der Waals surface area (Å²) in [5, 5.41) is 0. The quantitative estimate of drug-likeness (QED) is 0.768. The summed E-state index contributed by atoms with van der Waals surface area (Å²) in [5.74, 6) is -0.275. The molecular formula is C13H18FNO. The average molecular weight is 223 g/mol. The minimum Gasteiger partial charge on any atom is -0.341 e. The van der Waals surface area contributed by atoms with E-state index in [1.54, 1.807) is 24.1 Å². The van der Waals surface area contributed by atoms with Crippen molar-refractivity contribution in [3.8, 4) is 0 Å². The van der Waals surface area contributed by atoms with Gasteiger partial charge in [0, 0.05) is 13.6 Å². The number of amides is 1. The van der Waals surface area contributed by atoms with Gasteiger partial charge in [0.25, 0.3) is 5.91 Å². The van der Waals surface area contributed by atoms with Gasteiger partial charge in [-0.3, -0.25) is 4.79 Å². The van der Waals surface area contributed by atoms with Crippen molar-refractivity contribution in [1.82, 2.24) is 4.90 Å². The van der Waals surface area contributed by atoms with E-state index in [0.717, 1.165) is 6.42 Å². The fourth-order valence-corrected chi connectivity index (χ4v) is 1.52. The summed E-state index contributed by atoms with van der Waals surface area (Å²) in [7, 11) is 1.71. The van der Waals surface area contributed by atoms with Gasteiger partial charge in [-0.15, -0.1) is 0 Å². The Balaban J connectivity index is 2.75. The maximum Gasteiger partial charge on any atom is 0.256 e. The van der Waals surface area contributed by atoms with E-state index in [1.807, 2.05) is 0 Å². The summed E-state index contributed by atoms with van der Waals surface area (Å²) < 4.78 is 13.4. The van der Waals surface area contributed by atoms with E-state index in [-0.39, 0.29) is 11.5 Å². The number of rotatable bonds is 4. The summed E-state index contributed by atoms with van der Waals surface area (Å²) in [6.45, 7) is 4.81. The van der Waals surface area contributed by atoms with Crippen molar-refractivity contribution in [3.63, 3.8) is 0 Å². The third-order valence-corrected chi connectivity index (χ3v) is 2.73. The first-order valence-corrected chi connectivity index (χ1v) is 5.56. The average Bonchev–Trinajstić information content (AvgIpc) is 2.28. The Hall–Kier alpha value is -1.38. The fourth-order valence-electron chi connectivity index (χ4n) is 1.52. The van der Waals surface area contributed by atoms with E-state index in [2.05, 4.69) is 13.8 Å². The smallest absolute Gasteiger partial charge is 0.256 e. The van der Waals surface area contributed by atoms with E-state index in [0.29, 0.717) is 12.5 Å². The van der Waals surface area contributed by atoms with E-state index < -0.39 is 5.82 Å². The SMILES string of the molecule is CCC(C)CN(C)C(=O)c1ccccc1F. The van der Waals surface area contributed by atoms with Crippen molar-refractivity contribution >= 4 is 5.91 Å². The molecular weight excluding hydrogens is 205 g/mol. The second-order valence-electron chi connectivity index (χ2n) is 4.18. The lowest BCUT2D eigenvalue weighted by Gasteiger charge is -2.21. The molecule has 0 spiro atoms. The highest BCUT2D eigenvalue weighted by Gasteiger charge is 2.16. The number of carbonyl (C=O) groups excluding carboxylic acids is 1. The molecule has 1 atom stereocenters. The molecule has 0 heterocycles. The van der Waals surface area contributed by atoms with Crippen LogP contribution in [0.5, 0.6) is 0 Å². The molecule has 1 rings (SSSR count). The van der Waals surface area contributed by atoms with Crippen molar-refractivity contribution in [2.24, 2.45) is 5.92 Å². The first-order valence-electron chi connectivity index (χ1n) is 5.56. The molecule has 0 saturated heterocycles. The molecule has 16 heavy (non-hydrogen) atoms. The molecule has 1 aromatic carbocycles. The predicted octanol–water partition coefficient (Wildman–Crippen LogP) is 2.94. The van der Waals surface area contributed by atoms with Crippen LogP contribution in [0.4, 0.5) is 4.39 Å². The topological polar surface area (TPSA) is 20.3 Å². The molecule has 0 aromatic heterocycles. The van der Waals surface area contributed by atoms with Crippen molar-refractivity contribution < 1.29 is 9.18 Å². The summed E-state index contributed by atoms with van der Waals surface area (Å²) in [4.78, 5) is 13.5. The van der Waals surface area contributed by atoms with Crippen molar-refractivity contribution in [1.29, 1.82) is 0 Å². The maximum atomic E-state index is 13.4. The number of nitrogens with zero attached hydrogens (tertiary/aromatic N) is 1. The zero-order valence-electron chi connectivity index (χ0n) is 10.0. The van der Waals surface area contributed by atoms with Gasteiger partial charge in [0.2, 0.25) is 0 Å². The van der Waals surface area contributed by atoms with Gasteiger partial charge >= 0.3 is 0 Å². The van der Waals surface area contributed by atoms with E-state index in [4.69, 9.17) is 0 Å². The van der Waals surface area contributed by atoms with Crippen LogP contribution >= 0.6 is 0 Å². The second-order valence-corrected chi connectivity index (χ2v) is 4.18. The molecule has 0 bridgehead atoms. The largest absolute Gasteiger partial charge is 0.341 e. The zero-order valence-corrected chi connectivity index (χ0v) is 10.0. The number of hydrogen-bond acceptors (Lipinski definition) is 1. The van der Waals surface area contributed by atoms with Gasteiger partial charge in [0.15, 0.2) is 0 Å². The van der Waals surface area contributed by atoms with Gasteiger partial charge in [0.05, 0.1) is 5.56 Å². The summed E-state index contributed by atoms with van der Waals surface area (Å²) in [5.41, 5.74) is 0.147. The Morgan fingerprint density at radius 1 is 1.44 bits per heavy atom. The van der Waals surface area contributed by atoms with Crippen LogP contribution in [0.1, 0.15) is 30.6 Å². The molecule has 88 valence electrons. The number of benzene rings is 1. The van der Waals surface area contributed by atoms with E-state index in [9.17, 15) is 9.18 Å². The molecule has 0 aliphatic carbocycles. The summed E-state index contributed by atoms with van der Waals surface area (Å²) in [6, 6.07) is 6.09. The maximum absolute atomic E-state index is 13.4. The predicted molar refractivity (Wildman–Crippen MR) is 62.8 cm³/mol. The normalized spacial score (nSPS) is 12.2. The van der Waals surface area contributed by atoms with E-state index >= 15 is 0 Å². The van der Waals surface area contributed by atoms with Crippen LogP contribution < -0.4 is 0 Å². The monoisotopic (exact) mass is 223 g/mol. The molecule has 0 fully saturated rings. The first-order chi connectivity index (χ1) is 7.56. The van der Waals surface area contributed by atoms with Crippen molar-refractivity contribution in [2.45, 2.75) is 20.3 Å².